The summed E-state index contributed by atoms with van der Waals surface area (Å²) >= 11 is 1.18. The van der Waals surface area contributed by atoms with Crippen LogP contribution < -0.4 is 10.5 Å². The van der Waals surface area contributed by atoms with E-state index in [0.29, 0.717) is 12.6 Å². The van der Waals surface area contributed by atoms with Gasteiger partial charge in [-0.05, 0) is 42.7 Å². The molecule has 0 spiro atoms. The van der Waals surface area contributed by atoms with Gasteiger partial charge in [0.2, 0.25) is 10.0 Å². The molecule has 0 aliphatic heterocycles. The Morgan fingerprint density at radius 1 is 1.62 bits per heavy atom. The maximum Gasteiger partial charge on any atom is 0.247 e. The van der Waals surface area contributed by atoms with E-state index in [9.17, 15) is 8.42 Å². The zero-order valence-electron chi connectivity index (χ0n) is 9.14. The minimum absolute atomic E-state index is 0.281. The molecule has 0 radical (unpaired) electrons. The highest BCUT2D eigenvalue weighted by molar-refractivity contribution is 7.91. The van der Waals surface area contributed by atoms with Gasteiger partial charge in [-0.15, -0.1) is 11.3 Å². The van der Waals surface area contributed by atoms with Gasteiger partial charge in [-0.1, -0.05) is 0 Å². The van der Waals surface area contributed by atoms with Gasteiger partial charge in [0, 0.05) is 12.6 Å². The highest BCUT2D eigenvalue weighted by atomic mass is 32.2. The Hall–Kier alpha value is -0.430. The van der Waals surface area contributed by atoms with Crippen LogP contribution in [0.4, 0.5) is 0 Å². The molecule has 1 saturated carbocycles. The predicted octanol–water partition coefficient (Wildman–Crippen LogP) is 1.28. The van der Waals surface area contributed by atoms with E-state index in [2.05, 4.69) is 12.2 Å². The van der Waals surface area contributed by atoms with Crippen molar-refractivity contribution in [1.82, 2.24) is 5.32 Å². The summed E-state index contributed by atoms with van der Waals surface area (Å²) in [6, 6.07) is 2.27. The molecule has 0 aromatic carbocycles. The number of hydrogen-bond donors (Lipinski definition) is 2. The molecule has 3 N–H and O–H groups in total. The van der Waals surface area contributed by atoms with Crippen molar-refractivity contribution in [2.45, 2.75) is 36.6 Å². The minimum atomic E-state index is -3.56. The van der Waals surface area contributed by atoms with Crippen molar-refractivity contribution in [2.75, 3.05) is 0 Å². The van der Waals surface area contributed by atoms with Crippen molar-refractivity contribution >= 4 is 21.4 Å². The standard InChI is InChI=1S/C10H16N2O2S2/c1-7(8-2-3-8)12-6-9-4-5-15-10(9)16(11,13)14/h4-5,7-8,12H,2-3,6H2,1H3,(H2,11,13,14). The van der Waals surface area contributed by atoms with Crippen LogP contribution in [0, 0.1) is 5.92 Å². The van der Waals surface area contributed by atoms with E-state index in [4.69, 9.17) is 5.14 Å². The molecular formula is C10H16N2O2S2. The first-order chi connectivity index (χ1) is 7.48. The highest BCUT2D eigenvalue weighted by Crippen LogP contribution is 2.32. The summed E-state index contributed by atoms with van der Waals surface area (Å²) in [5.41, 5.74) is 0.778. The Labute approximate surface area is 99.9 Å². The maximum absolute atomic E-state index is 11.3. The van der Waals surface area contributed by atoms with E-state index in [1.54, 1.807) is 5.38 Å². The monoisotopic (exact) mass is 260 g/mol. The Balaban J connectivity index is 2.01. The summed E-state index contributed by atoms with van der Waals surface area (Å²) in [4.78, 5) is 0. The lowest BCUT2D eigenvalue weighted by Gasteiger charge is -2.12. The number of primary sulfonamides is 1. The summed E-state index contributed by atoms with van der Waals surface area (Å²) in [6.07, 6.45) is 2.56. The van der Waals surface area contributed by atoms with Gasteiger partial charge in [-0.2, -0.15) is 0 Å². The first-order valence-corrected chi connectivity index (χ1v) is 7.73. The van der Waals surface area contributed by atoms with E-state index in [0.717, 1.165) is 11.5 Å². The van der Waals surface area contributed by atoms with Gasteiger partial charge in [-0.3, -0.25) is 0 Å². The normalized spacial score (nSPS) is 18.6. The lowest BCUT2D eigenvalue weighted by atomic mass is 10.2. The minimum Gasteiger partial charge on any atom is -0.310 e. The van der Waals surface area contributed by atoms with E-state index < -0.39 is 10.0 Å². The SMILES string of the molecule is CC(NCc1ccsc1S(N)(=O)=O)C1CC1. The molecule has 90 valence electrons. The third-order valence-electron chi connectivity index (χ3n) is 2.91. The average molecular weight is 260 g/mol. The molecular weight excluding hydrogens is 244 g/mol. The molecule has 0 saturated heterocycles. The molecule has 0 bridgehead atoms. The number of rotatable bonds is 5. The summed E-state index contributed by atoms with van der Waals surface area (Å²) < 4.78 is 22.8. The fourth-order valence-electron chi connectivity index (χ4n) is 1.74. The van der Waals surface area contributed by atoms with E-state index in [1.807, 2.05) is 6.07 Å². The van der Waals surface area contributed by atoms with E-state index in [1.165, 1.54) is 24.2 Å². The Kier molecular flexibility index (Phi) is 3.34. The zero-order chi connectivity index (χ0) is 11.8. The summed E-state index contributed by atoms with van der Waals surface area (Å²) in [5.74, 6) is 0.761. The van der Waals surface area contributed by atoms with Crippen LogP contribution in [0.2, 0.25) is 0 Å². The van der Waals surface area contributed by atoms with Gasteiger partial charge in [0.05, 0.1) is 0 Å². The Morgan fingerprint density at radius 2 is 2.31 bits per heavy atom. The van der Waals surface area contributed by atoms with Gasteiger partial charge < -0.3 is 5.32 Å². The third-order valence-corrected chi connectivity index (χ3v) is 5.42. The fourth-order valence-corrected chi connectivity index (χ4v) is 3.59. The summed E-state index contributed by atoms with van der Waals surface area (Å²) in [5, 5.41) is 10.2. The molecule has 1 aromatic heterocycles. The number of hydrogen-bond acceptors (Lipinski definition) is 4. The Bertz CT molecular complexity index is 463. The highest BCUT2D eigenvalue weighted by Gasteiger charge is 2.27. The van der Waals surface area contributed by atoms with Crippen molar-refractivity contribution in [2.24, 2.45) is 11.1 Å². The van der Waals surface area contributed by atoms with Gasteiger partial charge in [0.25, 0.3) is 0 Å². The van der Waals surface area contributed by atoms with Gasteiger partial charge >= 0.3 is 0 Å². The number of sulfonamides is 1. The Morgan fingerprint density at radius 3 is 2.88 bits per heavy atom. The molecule has 1 heterocycles. The van der Waals surface area contributed by atoms with Gasteiger partial charge in [0.15, 0.2) is 0 Å². The van der Waals surface area contributed by atoms with Crippen LogP contribution in [-0.4, -0.2) is 14.5 Å². The van der Waals surface area contributed by atoms with Crippen molar-refractivity contribution in [1.29, 1.82) is 0 Å². The van der Waals surface area contributed by atoms with Crippen molar-refractivity contribution in [3.8, 4) is 0 Å². The lowest BCUT2D eigenvalue weighted by Crippen LogP contribution is -2.28. The molecule has 2 rings (SSSR count). The van der Waals surface area contributed by atoms with Crippen LogP contribution in [0.1, 0.15) is 25.3 Å². The molecule has 6 heteroatoms. The molecule has 4 nitrogen and oxygen atoms in total. The van der Waals surface area contributed by atoms with Gasteiger partial charge in [0.1, 0.15) is 4.21 Å². The molecule has 0 amide bonds. The lowest BCUT2D eigenvalue weighted by molar-refractivity contribution is 0.494. The largest absolute Gasteiger partial charge is 0.310 e. The number of thiophene rings is 1. The quantitative estimate of drug-likeness (QED) is 0.837. The zero-order valence-corrected chi connectivity index (χ0v) is 10.8. The second-order valence-electron chi connectivity index (χ2n) is 4.29. The number of nitrogens with two attached hydrogens (primary N) is 1. The van der Waals surface area contributed by atoms with Crippen LogP contribution in [0.3, 0.4) is 0 Å². The fraction of sp³-hybridized carbons (Fsp3) is 0.600. The van der Waals surface area contributed by atoms with Crippen LogP contribution in [-0.2, 0) is 16.6 Å². The van der Waals surface area contributed by atoms with E-state index >= 15 is 0 Å². The van der Waals surface area contributed by atoms with Crippen LogP contribution in [0.15, 0.2) is 15.7 Å². The molecule has 1 aromatic rings. The smallest absolute Gasteiger partial charge is 0.247 e. The second-order valence-corrected chi connectivity index (χ2v) is 6.96. The first kappa shape index (κ1) is 12.0. The van der Waals surface area contributed by atoms with Crippen LogP contribution in [0.5, 0.6) is 0 Å². The molecule has 1 unspecified atom stereocenters. The van der Waals surface area contributed by atoms with E-state index in [-0.39, 0.29) is 4.21 Å². The average Bonchev–Trinajstić information content (AvgIpc) is 2.91. The van der Waals surface area contributed by atoms with Crippen molar-refractivity contribution in [3.05, 3.63) is 17.0 Å². The van der Waals surface area contributed by atoms with Crippen molar-refractivity contribution < 1.29 is 8.42 Å². The maximum atomic E-state index is 11.3. The second kappa shape index (κ2) is 4.44. The topological polar surface area (TPSA) is 72.2 Å². The molecule has 1 aliphatic rings. The predicted molar refractivity (Wildman–Crippen MR) is 64.7 cm³/mol. The molecule has 1 aliphatic carbocycles. The first-order valence-electron chi connectivity index (χ1n) is 5.31. The molecule has 1 atom stereocenters. The third kappa shape index (κ3) is 2.82. The van der Waals surface area contributed by atoms with Gasteiger partial charge in [-0.25, -0.2) is 13.6 Å². The van der Waals surface area contributed by atoms with Crippen molar-refractivity contribution in [3.63, 3.8) is 0 Å². The van der Waals surface area contributed by atoms with Crippen LogP contribution >= 0.6 is 11.3 Å². The summed E-state index contributed by atoms with van der Waals surface area (Å²) in [6.45, 7) is 2.72. The molecule has 16 heavy (non-hydrogen) atoms. The summed E-state index contributed by atoms with van der Waals surface area (Å²) in [7, 11) is -3.56. The number of nitrogens with one attached hydrogen (secondary N) is 1. The molecule has 1 fully saturated rings. The van der Waals surface area contributed by atoms with Crippen LogP contribution in [0.25, 0.3) is 0 Å².